The Morgan fingerprint density at radius 2 is 2.00 bits per heavy atom. The highest BCUT2D eigenvalue weighted by molar-refractivity contribution is 9.10. The van der Waals surface area contributed by atoms with E-state index in [-0.39, 0.29) is 11.7 Å². The molecule has 0 saturated heterocycles. The zero-order valence-corrected chi connectivity index (χ0v) is 14.1. The molecule has 3 aromatic rings. The molecule has 0 fully saturated rings. The Bertz CT molecular complexity index is 954. The van der Waals surface area contributed by atoms with Crippen LogP contribution in [0.25, 0.3) is 10.8 Å². The molecular weight excluding hydrogens is 370 g/mol. The van der Waals surface area contributed by atoms with Gasteiger partial charge in [-0.3, -0.25) is 4.79 Å². The van der Waals surface area contributed by atoms with E-state index in [0.29, 0.717) is 16.8 Å². The van der Waals surface area contributed by atoms with Crippen LogP contribution in [0.15, 0.2) is 64.2 Å². The number of carbonyl (C=O) groups is 1. The Labute approximate surface area is 146 Å². The number of rotatable bonds is 3. The average molecular weight is 384 g/mol. The molecule has 5 nitrogen and oxygen atoms in total. The zero-order chi connectivity index (χ0) is 17.1. The molecule has 0 spiro atoms. The summed E-state index contributed by atoms with van der Waals surface area (Å²) in [4.78, 5) is 12.0. The summed E-state index contributed by atoms with van der Waals surface area (Å²) in [6.45, 7) is 0. The highest BCUT2D eigenvalue weighted by Gasteiger charge is 2.07. The van der Waals surface area contributed by atoms with E-state index in [1.165, 1.54) is 6.21 Å². The molecule has 0 radical (unpaired) electrons. The van der Waals surface area contributed by atoms with Crippen LogP contribution in [-0.2, 0) is 0 Å². The number of nitrogens with zero attached hydrogens (tertiary/aromatic N) is 1. The highest BCUT2D eigenvalue weighted by Crippen LogP contribution is 2.27. The highest BCUT2D eigenvalue weighted by atomic mass is 79.9. The maximum Gasteiger partial charge on any atom is 0.271 e. The van der Waals surface area contributed by atoms with Crippen molar-refractivity contribution in [2.75, 3.05) is 5.73 Å². The van der Waals surface area contributed by atoms with Gasteiger partial charge in [0, 0.05) is 21.3 Å². The van der Waals surface area contributed by atoms with Crippen molar-refractivity contribution in [3.63, 3.8) is 0 Å². The van der Waals surface area contributed by atoms with Crippen molar-refractivity contribution < 1.29 is 9.90 Å². The van der Waals surface area contributed by atoms with Gasteiger partial charge in [0.05, 0.1) is 6.21 Å². The number of hydrogen-bond donors (Lipinski definition) is 3. The molecule has 120 valence electrons. The number of phenols is 1. The number of aromatic hydroxyl groups is 1. The summed E-state index contributed by atoms with van der Waals surface area (Å²) >= 11 is 3.42. The van der Waals surface area contributed by atoms with E-state index < -0.39 is 0 Å². The summed E-state index contributed by atoms with van der Waals surface area (Å²) in [6.07, 6.45) is 1.43. The number of hydrazone groups is 1. The number of nitrogen functional groups attached to an aromatic ring is 1. The summed E-state index contributed by atoms with van der Waals surface area (Å²) in [5, 5.41) is 15.8. The number of nitrogens with two attached hydrogens (primary N) is 1. The fourth-order valence-corrected chi connectivity index (χ4v) is 2.73. The van der Waals surface area contributed by atoms with E-state index in [0.717, 1.165) is 15.2 Å². The van der Waals surface area contributed by atoms with Crippen LogP contribution < -0.4 is 11.2 Å². The first-order chi connectivity index (χ1) is 11.5. The number of phenolic OH excluding ortho intramolecular Hbond substituents is 1. The lowest BCUT2D eigenvalue weighted by Crippen LogP contribution is -2.17. The van der Waals surface area contributed by atoms with Gasteiger partial charge in [-0.05, 0) is 47.2 Å². The first-order valence-corrected chi connectivity index (χ1v) is 7.94. The minimum Gasteiger partial charge on any atom is -0.507 e. The fraction of sp³-hybridized carbons (Fsp3) is 0. The maximum atomic E-state index is 12.0. The Morgan fingerprint density at radius 1 is 1.17 bits per heavy atom. The van der Waals surface area contributed by atoms with Gasteiger partial charge in [-0.15, -0.1) is 0 Å². The number of nitrogens with one attached hydrogen (secondary N) is 1. The molecule has 0 unspecified atom stereocenters. The van der Waals surface area contributed by atoms with Crippen LogP contribution in [0.3, 0.4) is 0 Å². The Hall–Kier alpha value is -2.86. The van der Waals surface area contributed by atoms with Gasteiger partial charge in [-0.25, -0.2) is 5.43 Å². The number of fused-ring (bicyclic) bond motifs is 1. The van der Waals surface area contributed by atoms with Gasteiger partial charge in [0.2, 0.25) is 0 Å². The molecule has 3 aromatic carbocycles. The molecule has 3 rings (SSSR count). The van der Waals surface area contributed by atoms with E-state index in [1.807, 2.05) is 24.3 Å². The quantitative estimate of drug-likeness (QED) is 0.366. The maximum absolute atomic E-state index is 12.0. The molecule has 0 heterocycles. The standard InChI is InChI=1S/C18H14BrN3O2/c19-13-5-6-15-11(8-13)4-7-17(23)16(15)10-21-22-18(24)12-2-1-3-14(20)9-12/h1-10,23H,20H2,(H,22,24)/b21-10-. The summed E-state index contributed by atoms with van der Waals surface area (Å²) in [5.41, 5.74) is 9.54. The summed E-state index contributed by atoms with van der Waals surface area (Å²) in [5.74, 6) is -0.284. The van der Waals surface area contributed by atoms with Crippen molar-refractivity contribution in [1.29, 1.82) is 0 Å². The molecule has 0 atom stereocenters. The van der Waals surface area contributed by atoms with Crippen LogP contribution in [0.1, 0.15) is 15.9 Å². The lowest BCUT2D eigenvalue weighted by Gasteiger charge is -2.06. The predicted octanol–water partition coefficient (Wildman–Crippen LogP) is 3.65. The SMILES string of the molecule is Nc1cccc(C(=O)N/N=C\c2c(O)ccc3cc(Br)ccc23)c1. The van der Waals surface area contributed by atoms with E-state index in [2.05, 4.69) is 26.5 Å². The van der Waals surface area contributed by atoms with Crippen LogP contribution in [0, 0.1) is 0 Å². The molecule has 0 saturated carbocycles. The van der Waals surface area contributed by atoms with Crippen molar-refractivity contribution >= 4 is 44.5 Å². The summed E-state index contributed by atoms with van der Waals surface area (Å²) in [6, 6.07) is 15.7. The fourth-order valence-electron chi connectivity index (χ4n) is 2.35. The minimum absolute atomic E-state index is 0.0896. The zero-order valence-electron chi connectivity index (χ0n) is 12.5. The molecule has 24 heavy (non-hydrogen) atoms. The number of anilines is 1. The van der Waals surface area contributed by atoms with Crippen LogP contribution in [0.5, 0.6) is 5.75 Å². The van der Waals surface area contributed by atoms with Gasteiger partial charge in [-0.1, -0.05) is 34.1 Å². The van der Waals surface area contributed by atoms with E-state index in [4.69, 9.17) is 5.73 Å². The molecule has 0 aliphatic heterocycles. The van der Waals surface area contributed by atoms with Gasteiger partial charge in [-0.2, -0.15) is 5.10 Å². The minimum atomic E-state index is -0.374. The molecular formula is C18H14BrN3O2. The van der Waals surface area contributed by atoms with Crippen LogP contribution in [-0.4, -0.2) is 17.2 Å². The normalized spacial score (nSPS) is 11.0. The first-order valence-electron chi connectivity index (χ1n) is 7.15. The lowest BCUT2D eigenvalue weighted by molar-refractivity contribution is 0.0955. The topological polar surface area (TPSA) is 87.7 Å². The number of halogens is 1. The van der Waals surface area contributed by atoms with Crippen molar-refractivity contribution in [3.8, 4) is 5.75 Å². The van der Waals surface area contributed by atoms with Crippen LogP contribution in [0.4, 0.5) is 5.69 Å². The molecule has 4 N–H and O–H groups in total. The third-order valence-electron chi connectivity index (χ3n) is 3.51. The van der Waals surface area contributed by atoms with Crippen molar-refractivity contribution in [2.24, 2.45) is 5.10 Å². The second-order valence-electron chi connectivity index (χ2n) is 5.19. The number of benzene rings is 3. The van der Waals surface area contributed by atoms with Gasteiger partial charge < -0.3 is 10.8 Å². The third kappa shape index (κ3) is 3.38. The molecule has 0 bridgehead atoms. The first kappa shape index (κ1) is 16.0. The van der Waals surface area contributed by atoms with Gasteiger partial charge >= 0.3 is 0 Å². The molecule has 1 amide bonds. The Balaban J connectivity index is 1.85. The van der Waals surface area contributed by atoms with Crippen molar-refractivity contribution in [3.05, 3.63) is 70.2 Å². The smallest absolute Gasteiger partial charge is 0.271 e. The Morgan fingerprint density at radius 3 is 2.79 bits per heavy atom. The number of carbonyl (C=O) groups excluding carboxylic acids is 1. The second kappa shape index (κ2) is 6.72. The second-order valence-corrected chi connectivity index (χ2v) is 6.10. The summed E-state index contributed by atoms with van der Waals surface area (Å²) < 4.78 is 0.943. The molecule has 0 aromatic heterocycles. The van der Waals surface area contributed by atoms with Crippen LogP contribution >= 0.6 is 15.9 Å². The van der Waals surface area contributed by atoms with E-state index in [9.17, 15) is 9.90 Å². The number of amides is 1. The number of hydrogen-bond acceptors (Lipinski definition) is 4. The third-order valence-corrected chi connectivity index (χ3v) is 4.00. The molecule has 6 heteroatoms. The Kier molecular flexibility index (Phi) is 4.48. The monoisotopic (exact) mass is 383 g/mol. The van der Waals surface area contributed by atoms with Crippen molar-refractivity contribution in [2.45, 2.75) is 0 Å². The summed E-state index contributed by atoms with van der Waals surface area (Å²) in [7, 11) is 0. The van der Waals surface area contributed by atoms with E-state index in [1.54, 1.807) is 30.3 Å². The molecule has 0 aliphatic rings. The predicted molar refractivity (Wildman–Crippen MR) is 99.2 cm³/mol. The van der Waals surface area contributed by atoms with E-state index >= 15 is 0 Å². The van der Waals surface area contributed by atoms with Gasteiger partial charge in [0.15, 0.2) is 0 Å². The van der Waals surface area contributed by atoms with Gasteiger partial charge in [0.1, 0.15) is 5.75 Å². The molecule has 0 aliphatic carbocycles. The van der Waals surface area contributed by atoms with Crippen molar-refractivity contribution in [1.82, 2.24) is 5.43 Å². The van der Waals surface area contributed by atoms with Crippen LogP contribution in [0.2, 0.25) is 0 Å². The van der Waals surface area contributed by atoms with Gasteiger partial charge in [0.25, 0.3) is 5.91 Å². The largest absolute Gasteiger partial charge is 0.507 e. The average Bonchev–Trinajstić information content (AvgIpc) is 2.56. The lowest BCUT2D eigenvalue weighted by atomic mass is 10.0.